The van der Waals surface area contributed by atoms with Crippen molar-refractivity contribution in [2.75, 3.05) is 20.2 Å². The minimum Gasteiger partial charge on any atom is -0.496 e. The Morgan fingerprint density at radius 2 is 2.22 bits per heavy atom. The lowest BCUT2D eigenvalue weighted by molar-refractivity contribution is -0.135. The van der Waals surface area contributed by atoms with Crippen LogP contribution in [0, 0.1) is 0 Å². The smallest absolute Gasteiger partial charge is 0.315 e. The molecule has 6 heteroatoms. The lowest BCUT2D eigenvalue weighted by atomic mass is 10.1. The van der Waals surface area contributed by atoms with E-state index in [1.807, 2.05) is 24.3 Å². The number of primary amides is 1. The number of ether oxygens (including phenoxy) is 1. The van der Waals surface area contributed by atoms with Crippen molar-refractivity contribution in [3.63, 3.8) is 0 Å². The molecule has 0 spiro atoms. The van der Waals surface area contributed by atoms with E-state index in [9.17, 15) is 9.59 Å². The van der Waals surface area contributed by atoms with Crippen LogP contribution in [0.4, 0.5) is 4.79 Å². The standard InChI is InChI=1S/C17H23N3O3/c1-3-10-19(12-13-7-4-5-9-15(13)23-2)16(21)14-8-6-11-20(14)17(18)22/h3-5,7,9,14H,1,6,8,10-12H2,2H3,(H2,18,22)/t14-/m0/s1. The third-order valence-electron chi connectivity index (χ3n) is 4.04. The molecule has 0 saturated carbocycles. The van der Waals surface area contributed by atoms with Crippen LogP contribution in [0.25, 0.3) is 0 Å². The van der Waals surface area contributed by atoms with Crippen molar-refractivity contribution < 1.29 is 14.3 Å². The van der Waals surface area contributed by atoms with Crippen molar-refractivity contribution in [1.29, 1.82) is 0 Å². The number of likely N-dealkylation sites (tertiary alicyclic amines) is 1. The molecule has 124 valence electrons. The zero-order valence-electron chi connectivity index (χ0n) is 13.4. The van der Waals surface area contributed by atoms with Gasteiger partial charge >= 0.3 is 6.03 Å². The van der Waals surface area contributed by atoms with Crippen LogP contribution in [0.2, 0.25) is 0 Å². The Labute approximate surface area is 136 Å². The van der Waals surface area contributed by atoms with Crippen LogP contribution in [0.3, 0.4) is 0 Å². The maximum atomic E-state index is 12.8. The Hall–Kier alpha value is -2.50. The fourth-order valence-corrected chi connectivity index (χ4v) is 2.93. The highest BCUT2D eigenvalue weighted by Gasteiger charge is 2.35. The predicted octanol–water partition coefficient (Wildman–Crippen LogP) is 1.75. The molecule has 1 aromatic carbocycles. The van der Waals surface area contributed by atoms with Crippen LogP contribution in [-0.4, -0.2) is 48.0 Å². The SMILES string of the molecule is C=CCN(Cc1ccccc1OC)C(=O)[C@@H]1CCCN1C(N)=O. The Balaban J connectivity index is 2.19. The van der Waals surface area contributed by atoms with Crippen molar-refractivity contribution in [2.45, 2.75) is 25.4 Å². The van der Waals surface area contributed by atoms with Gasteiger partial charge in [-0.3, -0.25) is 4.79 Å². The summed E-state index contributed by atoms with van der Waals surface area (Å²) in [6.45, 7) is 5.05. The van der Waals surface area contributed by atoms with E-state index in [0.717, 1.165) is 17.7 Å². The van der Waals surface area contributed by atoms with Gasteiger partial charge in [0.15, 0.2) is 0 Å². The molecule has 0 bridgehead atoms. The molecule has 0 radical (unpaired) electrons. The minimum absolute atomic E-state index is 0.105. The molecular weight excluding hydrogens is 294 g/mol. The highest BCUT2D eigenvalue weighted by Crippen LogP contribution is 2.23. The van der Waals surface area contributed by atoms with E-state index < -0.39 is 12.1 Å². The Morgan fingerprint density at radius 1 is 1.48 bits per heavy atom. The summed E-state index contributed by atoms with van der Waals surface area (Å²) in [6.07, 6.45) is 3.11. The summed E-state index contributed by atoms with van der Waals surface area (Å²) in [7, 11) is 1.60. The molecular formula is C17H23N3O3. The topological polar surface area (TPSA) is 75.9 Å². The molecule has 1 heterocycles. The van der Waals surface area contributed by atoms with Crippen LogP contribution in [0.5, 0.6) is 5.75 Å². The van der Waals surface area contributed by atoms with E-state index >= 15 is 0 Å². The van der Waals surface area contributed by atoms with E-state index in [2.05, 4.69) is 6.58 Å². The first-order valence-corrected chi connectivity index (χ1v) is 7.66. The number of methoxy groups -OCH3 is 1. The molecule has 23 heavy (non-hydrogen) atoms. The number of carbonyl (C=O) groups excluding carboxylic acids is 2. The van der Waals surface area contributed by atoms with Crippen molar-refractivity contribution in [1.82, 2.24) is 9.80 Å². The van der Waals surface area contributed by atoms with Gasteiger partial charge in [0.1, 0.15) is 11.8 Å². The molecule has 1 aromatic rings. The molecule has 0 unspecified atom stereocenters. The number of carbonyl (C=O) groups is 2. The number of para-hydroxylation sites is 1. The van der Waals surface area contributed by atoms with Crippen molar-refractivity contribution in [3.05, 3.63) is 42.5 Å². The van der Waals surface area contributed by atoms with Gasteiger partial charge in [0, 0.05) is 25.2 Å². The zero-order chi connectivity index (χ0) is 16.8. The highest BCUT2D eigenvalue weighted by molar-refractivity contribution is 5.87. The number of rotatable bonds is 6. The molecule has 0 aliphatic carbocycles. The van der Waals surface area contributed by atoms with Crippen LogP contribution in [0.15, 0.2) is 36.9 Å². The number of nitrogens with two attached hydrogens (primary N) is 1. The molecule has 2 N–H and O–H groups in total. The molecule has 1 saturated heterocycles. The van der Waals surface area contributed by atoms with Crippen molar-refractivity contribution in [2.24, 2.45) is 5.73 Å². The number of urea groups is 1. The second kappa shape index (κ2) is 7.67. The van der Waals surface area contributed by atoms with Crippen LogP contribution < -0.4 is 10.5 Å². The lowest BCUT2D eigenvalue weighted by Gasteiger charge is -2.29. The average Bonchev–Trinajstić information content (AvgIpc) is 3.04. The minimum atomic E-state index is -0.545. The first-order chi connectivity index (χ1) is 11.1. The molecule has 1 atom stereocenters. The molecule has 1 aliphatic heterocycles. The number of hydrogen-bond donors (Lipinski definition) is 1. The molecule has 0 aromatic heterocycles. The van der Waals surface area contributed by atoms with Gasteiger partial charge in [-0.2, -0.15) is 0 Å². The Bertz CT molecular complexity index is 588. The maximum Gasteiger partial charge on any atom is 0.315 e. The third-order valence-corrected chi connectivity index (χ3v) is 4.04. The predicted molar refractivity (Wildman–Crippen MR) is 87.9 cm³/mol. The van der Waals surface area contributed by atoms with E-state index in [4.69, 9.17) is 10.5 Å². The van der Waals surface area contributed by atoms with E-state index in [1.54, 1.807) is 18.1 Å². The van der Waals surface area contributed by atoms with Crippen LogP contribution >= 0.6 is 0 Å². The van der Waals surface area contributed by atoms with Gasteiger partial charge in [-0.1, -0.05) is 24.3 Å². The summed E-state index contributed by atoms with van der Waals surface area (Å²) in [5, 5.41) is 0. The van der Waals surface area contributed by atoms with Gasteiger partial charge in [0.05, 0.1) is 7.11 Å². The van der Waals surface area contributed by atoms with Crippen LogP contribution in [0.1, 0.15) is 18.4 Å². The molecule has 3 amide bonds. The third kappa shape index (κ3) is 3.83. The number of hydrogen-bond acceptors (Lipinski definition) is 3. The summed E-state index contributed by atoms with van der Waals surface area (Å²) < 4.78 is 5.34. The quantitative estimate of drug-likeness (QED) is 0.812. The van der Waals surface area contributed by atoms with Gasteiger partial charge in [-0.05, 0) is 18.9 Å². The normalized spacial score (nSPS) is 16.9. The van der Waals surface area contributed by atoms with E-state index in [0.29, 0.717) is 26.1 Å². The van der Waals surface area contributed by atoms with Gasteiger partial charge < -0.3 is 20.3 Å². The largest absolute Gasteiger partial charge is 0.496 e. The van der Waals surface area contributed by atoms with Crippen molar-refractivity contribution >= 4 is 11.9 Å². The summed E-state index contributed by atoms with van der Waals surface area (Å²) in [6, 6.07) is 6.53. The monoisotopic (exact) mass is 317 g/mol. The Morgan fingerprint density at radius 3 is 2.87 bits per heavy atom. The molecule has 2 rings (SSSR count). The van der Waals surface area contributed by atoms with Gasteiger partial charge in [0.2, 0.25) is 5.91 Å². The van der Waals surface area contributed by atoms with Gasteiger partial charge in [0.25, 0.3) is 0 Å². The Kier molecular flexibility index (Phi) is 5.62. The van der Waals surface area contributed by atoms with Gasteiger partial charge in [-0.15, -0.1) is 6.58 Å². The lowest BCUT2D eigenvalue weighted by Crippen LogP contribution is -2.49. The zero-order valence-corrected chi connectivity index (χ0v) is 13.4. The van der Waals surface area contributed by atoms with E-state index in [1.165, 1.54) is 4.90 Å². The van der Waals surface area contributed by atoms with Gasteiger partial charge in [-0.25, -0.2) is 4.79 Å². The average molecular weight is 317 g/mol. The van der Waals surface area contributed by atoms with E-state index in [-0.39, 0.29) is 5.91 Å². The maximum absolute atomic E-state index is 12.8. The molecule has 1 fully saturated rings. The number of benzene rings is 1. The number of nitrogens with zero attached hydrogens (tertiary/aromatic N) is 2. The summed E-state index contributed by atoms with van der Waals surface area (Å²) in [5.41, 5.74) is 6.29. The van der Waals surface area contributed by atoms with Crippen LogP contribution in [-0.2, 0) is 11.3 Å². The van der Waals surface area contributed by atoms with Crippen molar-refractivity contribution in [3.8, 4) is 5.75 Å². The summed E-state index contributed by atoms with van der Waals surface area (Å²) in [5.74, 6) is 0.625. The number of amides is 3. The first kappa shape index (κ1) is 16.9. The summed E-state index contributed by atoms with van der Waals surface area (Å²) in [4.78, 5) is 27.5. The molecule has 6 nitrogen and oxygen atoms in total. The first-order valence-electron chi connectivity index (χ1n) is 7.66. The fourth-order valence-electron chi connectivity index (χ4n) is 2.93. The summed E-state index contributed by atoms with van der Waals surface area (Å²) >= 11 is 0. The molecule has 1 aliphatic rings. The highest BCUT2D eigenvalue weighted by atomic mass is 16.5. The second-order valence-corrected chi connectivity index (χ2v) is 5.51. The fraction of sp³-hybridized carbons (Fsp3) is 0.412. The second-order valence-electron chi connectivity index (χ2n) is 5.51.